The molecule has 0 radical (unpaired) electrons. The Morgan fingerprint density at radius 3 is 2.35 bits per heavy atom. The first-order chi connectivity index (χ1) is 11.0. The lowest BCUT2D eigenvalue weighted by Gasteiger charge is -2.12. The van der Waals surface area contributed by atoms with Gasteiger partial charge in [-0.2, -0.15) is 0 Å². The summed E-state index contributed by atoms with van der Waals surface area (Å²) in [7, 11) is 1.65. The summed E-state index contributed by atoms with van der Waals surface area (Å²) in [5.74, 6) is 0.844. The van der Waals surface area contributed by atoms with Crippen molar-refractivity contribution < 1.29 is 4.74 Å². The van der Waals surface area contributed by atoms with Crippen molar-refractivity contribution in [3.05, 3.63) is 52.0 Å². The van der Waals surface area contributed by atoms with Gasteiger partial charge in [-0.1, -0.05) is 35.3 Å². The average molecular weight is 370 g/mol. The number of methoxy groups -OCH3 is 1. The molecule has 2 aromatic rings. The number of hydrogen-bond donors (Lipinski definition) is 3. The van der Waals surface area contributed by atoms with E-state index in [9.17, 15) is 0 Å². The molecular weight excluding hydrogens is 353 g/mol. The molecule has 7 heteroatoms. The predicted molar refractivity (Wildman–Crippen MR) is 102 cm³/mol. The van der Waals surface area contributed by atoms with E-state index < -0.39 is 0 Å². The van der Waals surface area contributed by atoms with Gasteiger partial charge in [0.15, 0.2) is 5.11 Å². The Labute approximate surface area is 150 Å². The molecule has 0 heterocycles. The number of hydrogen-bond acceptors (Lipinski definition) is 3. The minimum atomic E-state index is 0.359. The standard InChI is InChI=1S/C16H17Cl2N3OS/c1-22-12-4-2-10(3-5-12)6-7-20-16(23)21-11-8-13(17)15(19)14(18)9-11/h2-5,8-9H,6-7,19H2,1H3,(H2,20,21,23). The van der Waals surface area contributed by atoms with Crippen LogP contribution in [0.25, 0.3) is 0 Å². The van der Waals surface area contributed by atoms with Gasteiger partial charge in [-0.25, -0.2) is 0 Å². The van der Waals surface area contributed by atoms with Crippen LogP contribution in [0.1, 0.15) is 5.56 Å². The Morgan fingerprint density at radius 1 is 1.17 bits per heavy atom. The molecule has 0 aliphatic heterocycles. The summed E-state index contributed by atoms with van der Waals surface area (Å²) in [5, 5.41) is 7.44. The van der Waals surface area contributed by atoms with Crippen LogP contribution in [0.2, 0.25) is 10.0 Å². The number of nitrogen functional groups attached to an aromatic ring is 1. The lowest BCUT2D eigenvalue weighted by atomic mass is 10.1. The van der Waals surface area contributed by atoms with Gasteiger partial charge in [0.1, 0.15) is 5.75 Å². The third-order valence-corrected chi connectivity index (χ3v) is 4.07. The highest BCUT2D eigenvalue weighted by atomic mass is 35.5. The lowest BCUT2D eigenvalue weighted by molar-refractivity contribution is 0.414. The van der Waals surface area contributed by atoms with Crippen LogP contribution in [-0.4, -0.2) is 18.8 Å². The summed E-state index contributed by atoms with van der Waals surface area (Å²) >= 11 is 17.2. The lowest BCUT2D eigenvalue weighted by Crippen LogP contribution is -2.30. The van der Waals surface area contributed by atoms with Crippen molar-refractivity contribution in [2.75, 3.05) is 24.7 Å². The third-order valence-electron chi connectivity index (χ3n) is 3.20. The summed E-state index contributed by atoms with van der Waals surface area (Å²) in [5.41, 5.74) is 7.94. The van der Waals surface area contributed by atoms with E-state index >= 15 is 0 Å². The first kappa shape index (κ1) is 17.7. The number of benzene rings is 2. The average Bonchev–Trinajstić information content (AvgIpc) is 2.53. The Kier molecular flexibility index (Phi) is 6.33. The van der Waals surface area contributed by atoms with Crippen LogP contribution in [0, 0.1) is 0 Å². The van der Waals surface area contributed by atoms with Crippen molar-refractivity contribution >= 4 is 51.9 Å². The van der Waals surface area contributed by atoms with Crippen LogP contribution >= 0.6 is 35.4 Å². The molecule has 0 saturated carbocycles. The first-order valence-electron chi connectivity index (χ1n) is 6.92. The SMILES string of the molecule is COc1ccc(CCNC(=S)Nc2cc(Cl)c(N)c(Cl)c2)cc1. The molecule has 0 saturated heterocycles. The summed E-state index contributed by atoms with van der Waals surface area (Å²) in [6.45, 7) is 0.703. The fourth-order valence-corrected chi connectivity index (χ4v) is 2.65. The number of nitrogens with one attached hydrogen (secondary N) is 2. The van der Waals surface area contributed by atoms with Crippen molar-refractivity contribution in [1.82, 2.24) is 5.32 Å². The van der Waals surface area contributed by atoms with E-state index in [0.29, 0.717) is 33.1 Å². The van der Waals surface area contributed by atoms with E-state index in [0.717, 1.165) is 12.2 Å². The number of thiocarbonyl (C=S) groups is 1. The van der Waals surface area contributed by atoms with Crippen LogP contribution in [0.15, 0.2) is 36.4 Å². The van der Waals surface area contributed by atoms with Crippen LogP contribution < -0.4 is 21.1 Å². The van der Waals surface area contributed by atoms with Crippen LogP contribution in [0.3, 0.4) is 0 Å². The van der Waals surface area contributed by atoms with E-state index in [4.69, 9.17) is 45.9 Å². The molecule has 0 aliphatic carbocycles. The van der Waals surface area contributed by atoms with Crippen molar-refractivity contribution in [3.8, 4) is 5.75 Å². The fourth-order valence-electron chi connectivity index (χ4n) is 1.94. The molecule has 122 valence electrons. The Bertz CT molecular complexity index is 669. The monoisotopic (exact) mass is 369 g/mol. The fraction of sp³-hybridized carbons (Fsp3) is 0.188. The van der Waals surface area contributed by atoms with Crippen LogP contribution in [0.4, 0.5) is 11.4 Å². The molecule has 0 aromatic heterocycles. The summed E-state index contributed by atoms with van der Waals surface area (Å²) in [6.07, 6.45) is 0.842. The molecule has 4 nitrogen and oxygen atoms in total. The second-order valence-electron chi connectivity index (χ2n) is 4.83. The molecule has 2 rings (SSSR count). The minimum absolute atomic E-state index is 0.359. The van der Waals surface area contributed by atoms with E-state index in [2.05, 4.69) is 10.6 Å². The van der Waals surface area contributed by atoms with Crippen molar-refractivity contribution in [1.29, 1.82) is 0 Å². The second kappa shape index (κ2) is 8.24. The highest BCUT2D eigenvalue weighted by Crippen LogP contribution is 2.31. The summed E-state index contributed by atoms with van der Waals surface area (Å²) < 4.78 is 5.13. The van der Waals surface area contributed by atoms with Crippen molar-refractivity contribution in [2.45, 2.75) is 6.42 Å². The number of rotatable bonds is 5. The smallest absolute Gasteiger partial charge is 0.170 e. The highest BCUT2D eigenvalue weighted by Gasteiger charge is 2.06. The molecule has 0 aliphatic rings. The number of halogens is 2. The van der Waals surface area contributed by atoms with E-state index in [1.807, 2.05) is 24.3 Å². The molecule has 2 aromatic carbocycles. The van der Waals surface area contributed by atoms with Gasteiger partial charge in [-0.05, 0) is 48.5 Å². The quantitative estimate of drug-likeness (QED) is 0.546. The van der Waals surface area contributed by atoms with Gasteiger partial charge in [0.05, 0.1) is 22.8 Å². The molecule has 4 N–H and O–H groups in total. The number of anilines is 2. The number of ether oxygens (including phenoxy) is 1. The van der Waals surface area contributed by atoms with Gasteiger partial charge < -0.3 is 21.1 Å². The molecular formula is C16H17Cl2N3OS. The van der Waals surface area contributed by atoms with Crippen LogP contribution in [-0.2, 0) is 6.42 Å². The Hall–Kier alpha value is -1.69. The molecule has 0 fully saturated rings. The summed E-state index contributed by atoms with van der Waals surface area (Å²) in [4.78, 5) is 0. The zero-order valence-corrected chi connectivity index (χ0v) is 14.9. The zero-order valence-electron chi connectivity index (χ0n) is 12.5. The van der Waals surface area contributed by atoms with Gasteiger partial charge in [-0.15, -0.1) is 0 Å². The summed E-state index contributed by atoms with van der Waals surface area (Å²) in [6, 6.07) is 11.3. The highest BCUT2D eigenvalue weighted by molar-refractivity contribution is 7.80. The maximum atomic E-state index is 5.99. The molecule has 0 unspecified atom stereocenters. The van der Waals surface area contributed by atoms with Gasteiger partial charge in [0.2, 0.25) is 0 Å². The van der Waals surface area contributed by atoms with Crippen molar-refractivity contribution in [3.63, 3.8) is 0 Å². The third kappa shape index (κ3) is 5.16. The molecule has 0 bridgehead atoms. The van der Waals surface area contributed by atoms with Gasteiger partial charge in [0, 0.05) is 12.2 Å². The van der Waals surface area contributed by atoms with Gasteiger partial charge >= 0.3 is 0 Å². The Morgan fingerprint density at radius 2 is 1.78 bits per heavy atom. The molecule has 23 heavy (non-hydrogen) atoms. The largest absolute Gasteiger partial charge is 0.497 e. The van der Waals surface area contributed by atoms with E-state index in [-0.39, 0.29) is 0 Å². The maximum Gasteiger partial charge on any atom is 0.170 e. The zero-order chi connectivity index (χ0) is 16.8. The topological polar surface area (TPSA) is 59.3 Å². The maximum absolute atomic E-state index is 5.99. The Balaban J connectivity index is 1.83. The molecule has 0 atom stereocenters. The van der Waals surface area contributed by atoms with E-state index in [1.165, 1.54) is 5.56 Å². The van der Waals surface area contributed by atoms with Crippen LogP contribution in [0.5, 0.6) is 5.75 Å². The first-order valence-corrected chi connectivity index (χ1v) is 8.08. The van der Waals surface area contributed by atoms with Crippen molar-refractivity contribution in [2.24, 2.45) is 0 Å². The molecule has 0 amide bonds. The van der Waals surface area contributed by atoms with Gasteiger partial charge in [0.25, 0.3) is 0 Å². The van der Waals surface area contributed by atoms with Gasteiger partial charge in [-0.3, -0.25) is 0 Å². The predicted octanol–water partition coefficient (Wildman–Crippen LogP) is 4.11. The normalized spacial score (nSPS) is 10.2. The number of nitrogens with two attached hydrogens (primary N) is 1. The van der Waals surface area contributed by atoms with E-state index in [1.54, 1.807) is 19.2 Å². The molecule has 0 spiro atoms. The second-order valence-corrected chi connectivity index (χ2v) is 6.06. The minimum Gasteiger partial charge on any atom is -0.497 e.